The Labute approximate surface area is 458 Å². The fourth-order valence-corrected chi connectivity index (χ4v) is 17.5. The zero-order valence-corrected chi connectivity index (χ0v) is 44.0. The first kappa shape index (κ1) is 51.8. The van der Waals surface area contributed by atoms with Gasteiger partial charge in [-0.05, 0) is 119 Å². The number of benzene rings is 6. The van der Waals surface area contributed by atoms with Crippen molar-refractivity contribution >= 4 is 82.1 Å². The smallest absolute Gasteiger partial charge is 0.266 e. The number of fused-ring (bicyclic) bond motifs is 12. The Morgan fingerprint density at radius 2 is 0.896 bits per heavy atom. The fraction of sp³-hybridized carbons (Fsp3) is 0.267. The van der Waals surface area contributed by atoms with Gasteiger partial charge in [0.25, 0.3) is 20.0 Å². The molecule has 4 fully saturated rings. The molecule has 6 aliphatic heterocycles. The summed E-state index contributed by atoms with van der Waals surface area (Å²) in [7, 11) is -4.89. The third-order valence-corrected chi connectivity index (χ3v) is 20.8. The van der Waals surface area contributed by atoms with Crippen molar-refractivity contribution in [1.29, 1.82) is 0 Å². The SMILES string of the molecule is C.C.CN1CC(=O)N2[C@@H](C[C@]3(C4=CCc5ccc(Br)cc54)c4ccccc4N(S(=O)(=O)c4ccccc4)[C@H]23)C1=O.CN1CC(=O)N2[C@@H](C[C@]3(C4=CCc5ccccc54)c4ccccc4N(S(=O)(=O)c4ccccc4)[C@H]23)C1=O. The molecule has 6 atom stereocenters. The van der Waals surface area contributed by atoms with Crippen LogP contribution in [0.2, 0.25) is 0 Å². The maximum atomic E-state index is 14.4. The van der Waals surface area contributed by atoms with E-state index in [0.29, 0.717) is 30.6 Å². The number of anilines is 2. The van der Waals surface area contributed by atoms with Gasteiger partial charge in [0, 0.05) is 18.6 Å². The second-order valence-corrected chi connectivity index (χ2v) is 25.0. The first-order valence-electron chi connectivity index (χ1n) is 24.9. The summed E-state index contributed by atoms with van der Waals surface area (Å²) in [5, 5.41) is 0. The Morgan fingerprint density at radius 3 is 1.38 bits per heavy atom. The lowest BCUT2D eigenvalue weighted by Crippen LogP contribution is -2.62. The van der Waals surface area contributed by atoms with Crippen molar-refractivity contribution in [3.8, 4) is 0 Å². The molecule has 6 aromatic carbocycles. The van der Waals surface area contributed by atoms with Gasteiger partial charge in [0.2, 0.25) is 23.6 Å². The number of para-hydroxylation sites is 2. The molecule has 8 aliphatic rings. The highest BCUT2D eigenvalue weighted by molar-refractivity contribution is 9.10. The Hall–Kier alpha value is -7.34. The van der Waals surface area contributed by atoms with E-state index in [1.165, 1.54) is 18.4 Å². The molecule has 0 unspecified atom stereocenters. The van der Waals surface area contributed by atoms with Crippen LogP contribution < -0.4 is 8.61 Å². The van der Waals surface area contributed by atoms with Crippen LogP contribution >= 0.6 is 15.9 Å². The number of sulfonamides is 2. The molecular weight excluding hydrogens is 1080 g/mol. The van der Waals surface area contributed by atoms with Crippen LogP contribution in [-0.4, -0.2) is 112 Å². The summed E-state index contributed by atoms with van der Waals surface area (Å²) in [4.78, 5) is 60.6. The molecule has 0 bridgehead atoms. The molecule has 4 saturated heterocycles. The zero-order chi connectivity index (χ0) is 51.9. The van der Waals surface area contributed by atoms with Gasteiger partial charge in [0.05, 0.1) is 45.1 Å². The number of nitrogens with zero attached hydrogens (tertiary/aromatic N) is 6. The van der Waals surface area contributed by atoms with Crippen LogP contribution in [0, 0.1) is 0 Å². The van der Waals surface area contributed by atoms with E-state index in [1.54, 1.807) is 84.6 Å². The van der Waals surface area contributed by atoms with E-state index in [4.69, 9.17) is 0 Å². The molecule has 6 heterocycles. The van der Waals surface area contributed by atoms with Crippen molar-refractivity contribution in [2.24, 2.45) is 0 Å². The fourth-order valence-electron chi connectivity index (χ4n) is 13.7. The number of halogens is 1. The number of amides is 4. The van der Waals surface area contributed by atoms with Gasteiger partial charge in [0.15, 0.2) is 0 Å². The maximum Gasteiger partial charge on any atom is 0.266 e. The standard InChI is InChI=1S/C29H24BrN3O4S.C29H25N3O4S.2CH4/c1-31-17-26(34)32-25(27(31)35)16-29(22-14-12-18-11-13-19(30)15-21(18)22)23-9-5-6-10-24(23)33(28(29)32)38(36,37)20-7-3-2-4-8-20;1-30-18-26(33)31-25(27(30)34)17-29(22-16-15-19-9-5-6-12-21(19)22)23-13-7-8-14-24(23)32(28(29)31)37(35,36)20-10-3-2-4-11-20;;/h2-11,13-15,25,28H,12,16-17H2,1H3;2-14,16,25,28H,15,17-18H2,1H3;2*1H4/t2*25-,28-,29-;;/m00../s1. The van der Waals surface area contributed by atoms with Crippen LogP contribution in [0.25, 0.3) is 11.1 Å². The normalized spacial score (nSPS) is 25.2. The Balaban J connectivity index is 0.000000160. The largest absolute Gasteiger partial charge is 0.335 e. The van der Waals surface area contributed by atoms with Gasteiger partial charge in [-0.1, -0.05) is 146 Å². The van der Waals surface area contributed by atoms with Crippen LogP contribution in [0.15, 0.2) is 178 Å². The second-order valence-electron chi connectivity index (χ2n) is 20.5. The van der Waals surface area contributed by atoms with Gasteiger partial charge in [-0.3, -0.25) is 19.2 Å². The first-order valence-corrected chi connectivity index (χ1v) is 28.6. The van der Waals surface area contributed by atoms with Crippen LogP contribution in [-0.2, 0) is 62.9 Å². The van der Waals surface area contributed by atoms with E-state index in [-0.39, 0.29) is 61.4 Å². The molecule has 0 saturated carbocycles. The minimum Gasteiger partial charge on any atom is -0.335 e. The quantitative estimate of drug-likeness (QED) is 0.161. The van der Waals surface area contributed by atoms with E-state index < -0.39 is 55.3 Å². The predicted molar refractivity (Wildman–Crippen MR) is 299 cm³/mol. The lowest BCUT2D eigenvalue weighted by Gasteiger charge is -2.41. The number of carbonyl (C=O) groups is 4. The monoisotopic (exact) mass is 1130 g/mol. The van der Waals surface area contributed by atoms with Crippen LogP contribution in [0.1, 0.15) is 61.1 Å². The third-order valence-electron chi connectivity index (χ3n) is 16.7. The molecule has 77 heavy (non-hydrogen) atoms. The van der Waals surface area contributed by atoms with Crippen molar-refractivity contribution in [3.63, 3.8) is 0 Å². The van der Waals surface area contributed by atoms with E-state index in [9.17, 15) is 36.0 Å². The second kappa shape index (κ2) is 18.4. The highest BCUT2D eigenvalue weighted by Gasteiger charge is 2.70. The minimum absolute atomic E-state index is 0. The van der Waals surface area contributed by atoms with Crippen LogP contribution in [0.5, 0.6) is 0 Å². The molecule has 394 valence electrons. The summed E-state index contributed by atoms with van der Waals surface area (Å²) in [6.45, 7) is -0.161. The van der Waals surface area contributed by atoms with E-state index >= 15 is 0 Å². The van der Waals surface area contributed by atoms with E-state index in [1.807, 2.05) is 66.7 Å². The first-order chi connectivity index (χ1) is 36.1. The molecule has 0 aromatic heterocycles. The molecule has 2 aliphatic carbocycles. The Kier molecular flexibility index (Phi) is 12.4. The average molecular weight is 1130 g/mol. The number of piperazine rings is 2. The van der Waals surface area contributed by atoms with Gasteiger partial charge in [0.1, 0.15) is 24.4 Å². The summed E-state index contributed by atoms with van der Waals surface area (Å²) in [6, 6.07) is 44.4. The number of hydrogen-bond donors (Lipinski definition) is 0. The van der Waals surface area contributed by atoms with Gasteiger partial charge < -0.3 is 19.6 Å². The van der Waals surface area contributed by atoms with Crippen LogP contribution in [0.4, 0.5) is 11.4 Å². The van der Waals surface area contributed by atoms with Crippen molar-refractivity contribution in [2.45, 2.75) is 85.6 Å². The number of allylic oxidation sites excluding steroid dienone is 2. The topological polar surface area (TPSA) is 156 Å². The number of carbonyl (C=O) groups excluding carboxylic acids is 4. The summed E-state index contributed by atoms with van der Waals surface area (Å²) < 4.78 is 61.2. The average Bonchev–Trinajstić information content (AvgIpc) is 4.33. The van der Waals surface area contributed by atoms with Gasteiger partial charge in [-0.25, -0.2) is 25.4 Å². The summed E-state index contributed by atoms with van der Waals surface area (Å²) in [5.74, 6) is -0.819. The van der Waals surface area contributed by atoms with E-state index in [2.05, 4.69) is 52.3 Å². The number of rotatable bonds is 6. The Morgan fingerprint density at radius 1 is 0.494 bits per heavy atom. The highest BCUT2D eigenvalue weighted by Crippen LogP contribution is 2.65. The molecule has 6 aromatic rings. The summed E-state index contributed by atoms with van der Waals surface area (Å²) >= 11 is 3.61. The summed E-state index contributed by atoms with van der Waals surface area (Å²) in [6.07, 6.45) is 4.57. The van der Waals surface area contributed by atoms with E-state index in [0.717, 1.165) is 55.4 Å². The molecule has 14 rings (SSSR count). The molecule has 17 heteroatoms. The summed E-state index contributed by atoms with van der Waals surface area (Å²) in [5.41, 5.74) is 7.28. The molecule has 0 N–H and O–H groups in total. The van der Waals surface area contributed by atoms with Crippen LogP contribution in [0.3, 0.4) is 0 Å². The maximum absolute atomic E-state index is 14.4. The molecule has 4 amide bonds. The minimum atomic E-state index is -4.09. The molecule has 0 spiro atoms. The lowest BCUT2D eigenvalue weighted by molar-refractivity contribution is -0.153. The zero-order valence-electron chi connectivity index (χ0n) is 40.8. The van der Waals surface area contributed by atoms with Crippen molar-refractivity contribution in [2.75, 3.05) is 35.8 Å². The lowest BCUT2D eigenvalue weighted by atomic mass is 9.70. The van der Waals surface area contributed by atoms with Crippen molar-refractivity contribution < 1.29 is 36.0 Å². The third kappa shape index (κ3) is 7.14. The van der Waals surface area contributed by atoms with Crippen molar-refractivity contribution in [1.82, 2.24) is 19.6 Å². The number of hydrogen-bond acceptors (Lipinski definition) is 8. The van der Waals surface area contributed by atoms with Crippen molar-refractivity contribution in [3.05, 3.63) is 202 Å². The number of likely N-dealkylation sites (N-methyl/N-ethyl adjacent to an activating group) is 2. The van der Waals surface area contributed by atoms with Gasteiger partial charge in [-0.15, -0.1) is 0 Å². The van der Waals surface area contributed by atoms with Gasteiger partial charge >= 0.3 is 0 Å². The predicted octanol–water partition coefficient (Wildman–Crippen LogP) is 8.38. The van der Waals surface area contributed by atoms with Gasteiger partial charge in [-0.2, -0.15) is 0 Å². The molecule has 14 nitrogen and oxygen atoms in total. The molecular formula is C60H57BrN6O8S2. The molecule has 0 radical (unpaired) electrons. The highest BCUT2D eigenvalue weighted by atomic mass is 79.9. The Bertz CT molecular complexity index is 3780.